The Labute approximate surface area is 95.3 Å². The molecule has 3 heteroatoms. The zero-order valence-electron chi connectivity index (χ0n) is 9.21. The van der Waals surface area contributed by atoms with E-state index in [9.17, 15) is 0 Å². The molecular formula is C13H15N3. The van der Waals surface area contributed by atoms with Crippen LogP contribution < -0.4 is 4.90 Å². The highest BCUT2D eigenvalue weighted by Gasteiger charge is 2.12. The first-order valence-electron chi connectivity index (χ1n) is 5.78. The van der Waals surface area contributed by atoms with Crippen molar-refractivity contribution < 1.29 is 0 Å². The molecule has 0 spiro atoms. The molecular weight excluding hydrogens is 198 g/mol. The standard InChI is InChI=1S/C13H15N3/c1-2-9-15(8-1)12-5-3-6-13(11-12)16-10-4-7-14-16/h3-7,10-11H,1-2,8-9H2. The van der Waals surface area contributed by atoms with Crippen molar-refractivity contribution in [3.05, 3.63) is 42.7 Å². The molecule has 1 saturated heterocycles. The van der Waals surface area contributed by atoms with Crippen molar-refractivity contribution in [1.29, 1.82) is 0 Å². The van der Waals surface area contributed by atoms with Crippen molar-refractivity contribution in [2.45, 2.75) is 12.8 Å². The van der Waals surface area contributed by atoms with Crippen LogP contribution in [0.3, 0.4) is 0 Å². The van der Waals surface area contributed by atoms with E-state index in [1.54, 1.807) is 0 Å². The maximum absolute atomic E-state index is 4.25. The monoisotopic (exact) mass is 213 g/mol. The predicted molar refractivity (Wildman–Crippen MR) is 65.0 cm³/mol. The summed E-state index contributed by atoms with van der Waals surface area (Å²) in [6, 6.07) is 10.5. The first kappa shape index (κ1) is 9.46. The third kappa shape index (κ3) is 1.69. The van der Waals surface area contributed by atoms with Gasteiger partial charge in [-0.05, 0) is 37.1 Å². The maximum atomic E-state index is 4.25. The number of benzene rings is 1. The minimum absolute atomic E-state index is 1.13. The summed E-state index contributed by atoms with van der Waals surface area (Å²) in [5.41, 5.74) is 2.44. The molecule has 1 fully saturated rings. The molecule has 0 atom stereocenters. The van der Waals surface area contributed by atoms with E-state index >= 15 is 0 Å². The first-order valence-corrected chi connectivity index (χ1v) is 5.78. The summed E-state index contributed by atoms with van der Waals surface area (Å²) in [4.78, 5) is 2.44. The molecule has 16 heavy (non-hydrogen) atoms. The fourth-order valence-corrected chi connectivity index (χ4v) is 2.23. The van der Waals surface area contributed by atoms with Crippen molar-refractivity contribution >= 4 is 5.69 Å². The SMILES string of the molecule is c1cc(N2CCCC2)cc(-n2cccn2)c1. The van der Waals surface area contributed by atoms with Crippen LogP contribution >= 0.6 is 0 Å². The van der Waals surface area contributed by atoms with Gasteiger partial charge in [-0.2, -0.15) is 5.10 Å². The summed E-state index contributed by atoms with van der Waals surface area (Å²) >= 11 is 0. The zero-order chi connectivity index (χ0) is 10.8. The van der Waals surface area contributed by atoms with Crippen LogP contribution in [-0.2, 0) is 0 Å². The summed E-state index contributed by atoms with van der Waals surface area (Å²) in [5, 5.41) is 4.25. The fourth-order valence-electron chi connectivity index (χ4n) is 2.23. The van der Waals surface area contributed by atoms with E-state index in [4.69, 9.17) is 0 Å². The van der Waals surface area contributed by atoms with Gasteiger partial charge in [-0.1, -0.05) is 6.07 Å². The van der Waals surface area contributed by atoms with Crippen molar-refractivity contribution in [3.8, 4) is 5.69 Å². The molecule has 1 aliphatic heterocycles. The Bertz CT molecular complexity index is 456. The second kappa shape index (κ2) is 4.00. The number of nitrogens with zero attached hydrogens (tertiary/aromatic N) is 3. The minimum Gasteiger partial charge on any atom is -0.371 e. The highest BCUT2D eigenvalue weighted by atomic mass is 15.3. The summed E-state index contributed by atoms with van der Waals surface area (Å²) in [6.07, 6.45) is 6.41. The van der Waals surface area contributed by atoms with Crippen molar-refractivity contribution in [2.75, 3.05) is 18.0 Å². The highest BCUT2D eigenvalue weighted by Crippen LogP contribution is 2.22. The van der Waals surface area contributed by atoms with E-state index in [0.29, 0.717) is 0 Å². The molecule has 2 aromatic rings. The Balaban J connectivity index is 1.93. The molecule has 0 bridgehead atoms. The van der Waals surface area contributed by atoms with Crippen LogP contribution in [0.2, 0.25) is 0 Å². The molecule has 1 aliphatic rings. The number of aromatic nitrogens is 2. The lowest BCUT2D eigenvalue weighted by atomic mass is 10.2. The normalized spacial score (nSPS) is 15.6. The molecule has 0 N–H and O–H groups in total. The van der Waals surface area contributed by atoms with Crippen LogP contribution in [0.1, 0.15) is 12.8 Å². The highest BCUT2D eigenvalue weighted by molar-refractivity contribution is 5.53. The van der Waals surface area contributed by atoms with E-state index in [1.165, 1.54) is 31.6 Å². The second-order valence-corrected chi connectivity index (χ2v) is 4.16. The number of anilines is 1. The van der Waals surface area contributed by atoms with Gasteiger partial charge in [0.2, 0.25) is 0 Å². The van der Waals surface area contributed by atoms with E-state index in [0.717, 1.165) is 5.69 Å². The lowest BCUT2D eigenvalue weighted by Crippen LogP contribution is -2.17. The molecule has 0 radical (unpaired) electrons. The maximum Gasteiger partial charge on any atom is 0.0666 e. The van der Waals surface area contributed by atoms with Gasteiger partial charge < -0.3 is 4.90 Å². The third-order valence-corrected chi connectivity index (χ3v) is 3.07. The summed E-state index contributed by atoms with van der Waals surface area (Å²) in [5.74, 6) is 0. The molecule has 2 heterocycles. The van der Waals surface area contributed by atoms with Crippen LogP contribution in [0.25, 0.3) is 5.69 Å². The van der Waals surface area contributed by atoms with Crippen LogP contribution in [0.15, 0.2) is 42.7 Å². The third-order valence-electron chi connectivity index (χ3n) is 3.07. The lowest BCUT2D eigenvalue weighted by Gasteiger charge is -2.18. The first-order chi connectivity index (χ1) is 7.93. The van der Waals surface area contributed by atoms with Gasteiger partial charge in [0.05, 0.1) is 5.69 Å². The Morgan fingerprint density at radius 3 is 2.56 bits per heavy atom. The van der Waals surface area contributed by atoms with Crippen LogP contribution in [0.4, 0.5) is 5.69 Å². The molecule has 0 saturated carbocycles. The fraction of sp³-hybridized carbons (Fsp3) is 0.308. The molecule has 1 aromatic heterocycles. The summed E-state index contributed by atoms with van der Waals surface area (Å²) < 4.78 is 1.90. The Kier molecular flexibility index (Phi) is 2.37. The van der Waals surface area contributed by atoms with Crippen molar-refractivity contribution in [2.24, 2.45) is 0 Å². The summed E-state index contributed by atoms with van der Waals surface area (Å²) in [6.45, 7) is 2.37. The predicted octanol–water partition coefficient (Wildman–Crippen LogP) is 2.47. The van der Waals surface area contributed by atoms with E-state index in [1.807, 2.05) is 23.1 Å². The van der Waals surface area contributed by atoms with Crippen LogP contribution in [-0.4, -0.2) is 22.9 Å². The lowest BCUT2D eigenvalue weighted by molar-refractivity contribution is 0.876. The molecule has 0 amide bonds. The van der Waals surface area contributed by atoms with Crippen LogP contribution in [0.5, 0.6) is 0 Å². The smallest absolute Gasteiger partial charge is 0.0666 e. The van der Waals surface area contributed by atoms with Gasteiger partial charge >= 0.3 is 0 Å². The van der Waals surface area contributed by atoms with Gasteiger partial charge in [0, 0.05) is 31.2 Å². The van der Waals surface area contributed by atoms with Crippen LogP contribution in [0, 0.1) is 0 Å². The number of hydrogen-bond donors (Lipinski definition) is 0. The second-order valence-electron chi connectivity index (χ2n) is 4.16. The quantitative estimate of drug-likeness (QED) is 0.764. The van der Waals surface area contributed by atoms with Crippen molar-refractivity contribution in [3.63, 3.8) is 0 Å². The van der Waals surface area contributed by atoms with E-state index < -0.39 is 0 Å². The average Bonchev–Trinajstić information content (AvgIpc) is 3.03. The van der Waals surface area contributed by atoms with Gasteiger partial charge in [0.1, 0.15) is 0 Å². The van der Waals surface area contributed by atoms with Gasteiger partial charge in [-0.3, -0.25) is 0 Å². The molecule has 0 unspecified atom stereocenters. The summed E-state index contributed by atoms with van der Waals surface area (Å²) in [7, 11) is 0. The molecule has 0 aliphatic carbocycles. The average molecular weight is 213 g/mol. The van der Waals surface area contributed by atoms with E-state index in [2.05, 4.69) is 34.3 Å². The molecule has 1 aromatic carbocycles. The van der Waals surface area contributed by atoms with E-state index in [-0.39, 0.29) is 0 Å². The largest absolute Gasteiger partial charge is 0.371 e. The molecule has 3 nitrogen and oxygen atoms in total. The van der Waals surface area contributed by atoms with Gasteiger partial charge in [0.25, 0.3) is 0 Å². The Morgan fingerprint density at radius 2 is 1.81 bits per heavy atom. The number of rotatable bonds is 2. The van der Waals surface area contributed by atoms with Gasteiger partial charge in [-0.15, -0.1) is 0 Å². The minimum atomic E-state index is 1.13. The Hall–Kier alpha value is -1.77. The zero-order valence-corrected chi connectivity index (χ0v) is 9.21. The Morgan fingerprint density at radius 1 is 1.00 bits per heavy atom. The van der Waals surface area contributed by atoms with Gasteiger partial charge in [-0.25, -0.2) is 4.68 Å². The number of hydrogen-bond acceptors (Lipinski definition) is 2. The topological polar surface area (TPSA) is 21.1 Å². The molecule has 82 valence electrons. The van der Waals surface area contributed by atoms with Crippen molar-refractivity contribution in [1.82, 2.24) is 9.78 Å². The van der Waals surface area contributed by atoms with Gasteiger partial charge in [0.15, 0.2) is 0 Å². The molecule has 3 rings (SSSR count).